The molecule has 1 aromatic rings. The van der Waals surface area contributed by atoms with E-state index in [0.717, 1.165) is 12.8 Å². The number of rotatable bonds is 5. The smallest absolute Gasteiger partial charge is 0.306 e. The number of hydrogen-bond donors (Lipinski definition) is 0. The molecule has 24 heavy (non-hydrogen) atoms. The van der Waals surface area contributed by atoms with Gasteiger partial charge in [0, 0.05) is 30.5 Å². The van der Waals surface area contributed by atoms with Crippen molar-refractivity contribution in [3.8, 4) is 0 Å². The molecule has 130 valence electrons. The van der Waals surface area contributed by atoms with Gasteiger partial charge in [-0.15, -0.1) is 0 Å². The molecule has 0 saturated heterocycles. The first-order valence-corrected chi connectivity index (χ1v) is 8.43. The fraction of sp³-hybridized carbons (Fsp3) is 0.500. The van der Waals surface area contributed by atoms with Crippen molar-refractivity contribution in [3.63, 3.8) is 0 Å². The lowest BCUT2D eigenvalue weighted by molar-refractivity contribution is -0.150. The molecule has 1 saturated carbocycles. The highest BCUT2D eigenvalue weighted by atomic mass is 35.5. The van der Waals surface area contributed by atoms with Crippen LogP contribution < -0.4 is 0 Å². The molecule has 0 aliphatic heterocycles. The largest absolute Gasteiger partial charge is 0.469 e. The van der Waals surface area contributed by atoms with Gasteiger partial charge in [-0.05, 0) is 25.3 Å². The predicted molar refractivity (Wildman–Crippen MR) is 90.6 cm³/mol. The van der Waals surface area contributed by atoms with Gasteiger partial charge in [-0.2, -0.15) is 0 Å². The Hall–Kier alpha value is -1.88. The summed E-state index contributed by atoms with van der Waals surface area (Å²) >= 11 is 6.35. The number of carbonyl (C=O) groups excluding carboxylic acids is 3. The van der Waals surface area contributed by atoms with Crippen LogP contribution in [0.5, 0.6) is 0 Å². The molecule has 1 aromatic carbocycles. The molecular formula is C18H22ClNO4. The van der Waals surface area contributed by atoms with E-state index in [0.29, 0.717) is 23.4 Å². The van der Waals surface area contributed by atoms with E-state index in [9.17, 15) is 14.4 Å². The summed E-state index contributed by atoms with van der Waals surface area (Å²) in [6, 6.07) is 7.15. The zero-order valence-corrected chi connectivity index (χ0v) is 14.8. The second kappa shape index (κ2) is 7.79. The number of likely N-dealkylation sites (N-methyl/N-ethyl adjacent to an activating group) is 1. The molecule has 0 spiro atoms. The van der Waals surface area contributed by atoms with Crippen molar-refractivity contribution in [2.75, 3.05) is 14.2 Å². The standard InChI is InChI=1S/C18H22ClNO4/c1-20(16(22)10-11-17(23)24-2)18(12-6-5-9-15(18)21)13-7-3-4-8-14(13)19/h3-4,7-8H,5-6,9-12H2,1-2H3. The summed E-state index contributed by atoms with van der Waals surface area (Å²) in [7, 11) is 2.90. The number of carbonyl (C=O) groups is 3. The molecule has 0 bridgehead atoms. The van der Waals surface area contributed by atoms with Crippen LogP contribution in [0.15, 0.2) is 24.3 Å². The Morgan fingerprint density at radius 2 is 1.96 bits per heavy atom. The van der Waals surface area contributed by atoms with Crippen LogP contribution in [0, 0.1) is 0 Å². The first-order valence-electron chi connectivity index (χ1n) is 8.05. The maximum absolute atomic E-state index is 12.9. The minimum absolute atomic E-state index is 0.00263. The van der Waals surface area contributed by atoms with E-state index in [1.54, 1.807) is 25.2 Å². The average Bonchev–Trinajstić information content (AvgIpc) is 2.60. The van der Waals surface area contributed by atoms with Crippen LogP contribution in [-0.2, 0) is 24.7 Å². The predicted octanol–water partition coefficient (Wildman–Crippen LogP) is 3.09. The Kier molecular flexibility index (Phi) is 5.99. The highest BCUT2D eigenvalue weighted by Crippen LogP contribution is 2.42. The van der Waals surface area contributed by atoms with Gasteiger partial charge in [0.2, 0.25) is 5.91 Å². The number of ether oxygens (including phenoxy) is 1. The molecule has 1 aliphatic carbocycles. The molecule has 1 aliphatic rings. The Morgan fingerprint density at radius 3 is 2.58 bits per heavy atom. The van der Waals surface area contributed by atoms with Crippen LogP contribution >= 0.6 is 11.6 Å². The summed E-state index contributed by atoms with van der Waals surface area (Å²) in [5, 5.41) is 0.473. The van der Waals surface area contributed by atoms with Crippen molar-refractivity contribution in [2.24, 2.45) is 0 Å². The van der Waals surface area contributed by atoms with Gasteiger partial charge in [0.1, 0.15) is 5.54 Å². The van der Waals surface area contributed by atoms with Crippen molar-refractivity contribution < 1.29 is 19.1 Å². The van der Waals surface area contributed by atoms with Crippen LogP contribution in [0.2, 0.25) is 5.02 Å². The lowest BCUT2D eigenvalue weighted by Gasteiger charge is -2.44. The second-order valence-electron chi connectivity index (χ2n) is 6.00. The van der Waals surface area contributed by atoms with Gasteiger partial charge in [-0.25, -0.2) is 0 Å². The molecule has 0 heterocycles. The average molecular weight is 352 g/mol. The molecule has 6 heteroatoms. The third-order valence-electron chi connectivity index (χ3n) is 4.69. The van der Waals surface area contributed by atoms with Crippen LogP contribution in [0.3, 0.4) is 0 Å². The molecule has 0 aromatic heterocycles. The van der Waals surface area contributed by atoms with Gasteiger partial charge < -0.3 is 9.64 Å². The Labute approximate surface area is 146 Å². The van der Waals surface area contributed by atoms with Gasteiger partial charge >= 0.3 is 5.97 Å². The molecule has 2 rings (SSSR count). The summed E-state index contributed by atoms with van der Waals surface area (Å²) in [5.41, 5.74) is -0.394. The van der Waals surface area contributed by atoms with Crippen molar-refractivity contribution in [3.05, 3.63) is 34.9 Å². The molecule has 0 radical (unpaired) electrons. The number of hydrogen-bond acceptors (Lipinski definition) is 4. The molecule has 1 unspecified atom stereocenters. The van der Waals surface area contributed by atoms with Gasteiger partial charge in [-0.1, -0.05) is 29.8 Å². The highest BCUT2D eigenvalue weighted by molar-refractivity contribution is 6.31. The Bertz CT molecular complexity index is 646. The topological polar surface area (TPSA) is 63.7 Å². The fourth-order valence-corrected chi connectivity index (χ4v) is 3.61. The van der Waals surface area contributed by atoms with Crippen LogP contribution in [0.4, 0.5) is 0 Å². The molecule has 1 atom stereocenters. The Morgan fingerprint density at radius 1 is 1.25 bits per heavy atom. The zero-order chi connectivity index (χ0) is 17.7. The van der Waals surface area contributed by atoms with Crippen molar-refractivity contribution in [1.82, 2.24) is 4.90 Å². The summed E-state index contributed by atoms with van der Waals surface area (Å²) < 4.78 is 4.58. The Balaban J connectivity index is 2.36. The summed E-state index contributed by atoms with van der Waals surface area (Å²) in [6.07, 6.45) is 2.60. The van der Waals surface area contributed by atoms with E-state index >= 15 is 0 Å². The molecule has 1 fully saturated rings. The zero-order valence-electron chi connectivity index (χ0n) is 14.0. The number of benzene rings is 1. The minimum atomic E-state index is -1.05. The van der Waals surface area contributed by atoms with Gasteiger partial charge in [0.25, 0.3) is 0 Å². The van der Waals surface area contributed by atoms with Crippen LogP contribution in [0.25, 0.3) is 0 Å². The number of amides is 1. The maximum Gasteiger partial charge on any atom is 0.306 e. The summed E-state index contributed by atoms with van der Waals surface area (Å²) in [4.78, 5) is 38.3. The van der Waals surface area contributed by atoms with Crippen molar-refractivity contribution in [1.29, 1.82) is 0 Å². The van der Waals surface area contributed by atoms with E-state index in [1.807, 2.05) is 6.07 Å². The van der Waals surface area contributed by atoms with Gasteiger partial charge in [0.15, 0.2) is 5.78 Å². The molecule has 1 amide bonds. The molecular weight excluding hydrogens is 330 g/mol. The first-order chi connectivity index (χ1) is 11.4. The molecule has 5 nitrogen and oxygen atoms in total. The van der Waals surface area contributed by atoms with E-state index in [2.05, 4.69) is 4.74 Å². The number of methoxy groups -OCH3 is 1. The molecule has 0 N–H and O–H groups in total. The number of halogens is 1. The SMILES string of the molecule is COC(=O)CCC(=O)N(C)C1(c2ccccc2Cl)CCCCC1=O. The minimum Gasteiger partial charge on any atom is -0.469 e. The number of ketones is 1. The van der Waals surface area contributed by atoms with E-state index < -0.39 is 11.5 Å². The highest BCUT2D eigenvalue weighted by Gasteiger charge is 2.47. The summed E-state index contributed by atoms with van der Waals surface area (Å²) in [5.74, 6) is -0.718. The lowest BCUT2D eigenvalue weighted by atomic mass is 9.74. The van der Waals surface area contributed by atoms with Crippen LogP contribution in [-0.4, -0.2) is 36.7 Å². The van der Waals surface area contributed by atoms with Gasteiger partial charge in [-0.3, -0.25) is 14.4 Å². The fourth-order valence-electron chi connectivity index (χ4n) is 3.32. The maximum atomic E-state index is 12.9. The quantitative estimate of drug-likeness (QED) is 0.765. The first kappa shape index (κ1) is 18.5. The van der Waals surface area contributed by atoms with Crippen molar-refractivity contribution in [2.45, 2.75) is 44.1 Å². The monoisotopic (exact) mass is 351 g/mol. The van der Waals surface area contributed by atoms with Crippen LogP contribution in [0.1, 0.15) is 44.1 Å². The summed E-state index contributed by atoms with van der Waals surface area (Å²) in [6.45, 7) is 0. The lowest BCUT2D eigenvalue weighted by Crippen LogP contribution is -2.54. The second-order valence-corrected chi connectivity index (χ2v) is 6.41. The third-order valence-corrected chi connectivity index (χ3v) is 5.02. The normalized spacial score (nSPS) is 20.5. The third kappa shape index (κ3) is 3.46. The van der Waals surface area contributed by atoms with E-state index in [1.165, 1.54) is 12.0 Å². The van der Waals surface area contributed by atoms with Gasteiger partial charge in [0.05, 0.1) is 13.5 Å². The number of esters is 1. The number of nitrogens with zero attached hydrogens (tertiary/aromatic N) is 1. The van der Waals surface area contributed by atoms with E-state index in [4.69, 9.17) is 11.6 Å². The van der Waals surface area contributed by atoms with Crippen molar-refractivity contribution >= 4 is 29.3 Å². The van der Waals surface area contributed by atoms with E-state index in [-0.39, 0.29) is 24.5 Å². The number of Topliss-reactive ketones (excluding diaryl/α,β-unsaturated/α-hetero) is 1.